The summed E-state index contributed by atoms with van der Waals surface area (Å²) in [6.45, 7) is 2.56. The van der Waals surface area contributed by atoms with Crippen LogP contribution in [-0.2, 0) is 16.6 Å². The van der Waals surface area contributed by atoms with Crippen LogP contribution in [0.25, 0.3) is 0 Å². The van der Waals surface area contributed by atoms with Crippen molar-refractivity contribution >= 4 is 21.5 Å². The molecule has 3 aromatic rings. The number of nitrogens with one attached hydrogen (secondary N) is 1. The first-order valence-corrected chi connectivity index (χ1v) is 10.3. The highest BCUT2D eigenvalue weighted by Gasteiger charge is 2.20. The molecule has 1 N–H and O–H groups in total. The van der Waals surface area contributed by atoms with Crippen molar-refractivity contribution in [3.05, 3.63) is 78.0 Å². The smallest absolute Gasteiger partial charge is 0.266 e. The summed E-state index contributed by atoms with van der Waals surface area (Å²) in [4.78, 5) is 6.39. The number of aromatic nitrogens is 1. The van der Waals surface area contributed by atoms with Crippen molar-refractivity contribution in [3.63, 3.8) is 0 Å². The summed E-state index contributed by atoms with van der Waals surface area (Å²) in [5.41, 5.74) is 2.90. The highest BCUT2D eigenvalue weighted by molar-refractivity contribution is 7.92. The summed E-state index contributed by atoms with van der Waals surface area (Å²) in [6.07, 6.45) is 1.65. The highest BCUT2D eigenvalue weighted by atomic mass is 32.2. The first-order valence-electron chi connectivity index (χ1n) is 8.77. The Hall–Kier alpha value is -3.06. The molecule has 0 aliphatic heterocycles. The Morgan fingerprint density at radius 1 is 1.07 bits per heavy atom. The second-order valence-corrected chi connectivity index (χ2v) is 8.15. The van der Waals surface area contributed by atoms with Crippen molar-refractivity contribution in [1.82, 2.24) is 4.98 Å². The lowest BCUT2D eigenvalue weighted by molar-refractivity contribution is 0.402. The van der Waals surface area contributed by atoms with Crippen molar-refractivity contribution in [2.24, 2.45) is 0 Å². The maximum Gasteiger partial charge on any atom is 0.266 e. The van der Waals surface area contributed by atoms with Crippen LogP contribution >= 0.6 is 0 Å². The number of rotatable bonds is 7. The average Bonchev–Trinajstić information content (AvgIpc) is 2.69. The molecular formula is C21H23N3O3S. The number of hydrogen-bond acceptors (Lipinski definition) is 5. The summed E-state index contributed by atoms with van der Waals surface area (Å²) in [6, 6.07) is 18.6. The molecule has 1 heterocycles. The van der Waals surface area contributed by atoms with Gasteiger partial charge in [0, 0.05) is 13.6 Å². The van der Waals surface area contributed by atoms with E-state index in [0.29, 0.717) is 0 Å². The van der Waals surface area contributed by atoms with E-state index in [9.17, 15) is 8.42 Å². The van der Waals surface area contributed by atoms with Crippen LogP contribution in [0.4, 0.5) is 11.5 Å². The topological polar surface area (TPSA) is 71.5 Å². The Labute approximate surface area is 165 Å². The van der Waals surface area contributed by atoms with Gasteiger partial charge in [-0.05, 0) is 42.3 Å². The van der Waals surface area contributed by atoms with Gasteiger partial charge in [-0.2, -0.15) is 0 Å². The van der Waals surface area contributed by atoms with Crippen LogP contribution in [0.3, 0.4) is 0 Å². The van der Waals surface area contributed by atoms with Gasteiger partial charge >= 0.3 is 0 Å². The van der Waals surface area contributed by atoms with Gasteiger partial charge in [-0.25, -0.2) is 13.4 Å². The molecule has 0 fully saturated rings. The number of methoxy groups -OCH3 is 1. The van der Waals surface area contributed by atoms with Crippen molar-refractivity contribution in [2.45, 2.75) is 18.4 Å². The van der Waals surface area contributed by atoms with Crippen LogP contribution in [0.5, 0.6) is 5.75 Å². The largest absolute Gasteiger partial charge is 0.495 e. The molecular weight excluding hydrogens is 374 g/mol. The van der Waals surface area contributed by atoms with Gasteiger partial charge in [-0.15, -0.1) is 0 Å². The molecule has 0 radical (unpaired) electrons. The Morgan fingerprint density at radius 3 is 2.46 bits per heavy atom. The minimum atomic E-state index is -3.81. The van der Waals surface area contributed by atoms with E-state index >= 15 is 0 Å². The van der Waals surface area contributed by atoms with Crippen LogP contribution in [0.2, 0.25) is 0 Å². The molecule has 6 nitrogen and oxygen atoms in total. The lowest BCUT2D eigenvalue weighted by atomic mass is 10.2. The summed E-state index contributed by atoms with van der Waals surface area (Å²) >= 11 is 0. The molecule has 0 bridgehead atoms. The maximum atomic E-state index is 12.8. The molecule has 0 aliphatic carbocycles. The lowest BCUT2D eigenvalue weighted by Gasteiger charge is -2.19. The normalized spacial score (nSPS) is 11.1. The zero-order valence-corrected chi connectivity index (χ0v) is 16.9. The van der Waals surface area contributed by atoms with E-state index in [0.717, 1.165) is 17.8 Å². The molecule has 7 heteroatoms. The third-order valence-electron chi connectivity index (χ3n) is 4.30. The molecule has 3 rings (SSSR count). The minimum absolute atomic E-state index is 0.0853. The van der Waals surface area contributed by atoms with E-state index in [1.54, 1.807) is 30.5 Å². The van der Waals surface area contributed by atoms with Crippen LogP contribution in [0, 0.1) is 6.92 Å². The monoisotopic (exact) mass is 397 g/mol. The van der Waals surface area contributed by atoms with Crippen LogP contribution in [0.1, 0.15) is 11.1 Å². The summed E-state index contributed by atoms with van der Waals surface area (Å²) in [7, 11) is -0.404. The standard InChI is InChI=1S/C21H23N3O3S/c1-16-9-11-19(27-3)20(13-16)28(25,26)23-21-12-10-18(14-22-21)24(2)15-17-7-5-4-6-8-17/h4-14H,15H2,1-3H3,(H,22,23). The third-order valence-corrected chi connectivity index (χ3v) is 5.67. The van der Waals surface area contributed by atoms with E-state index in [2.05, 4.69) is 21.8 Å². The fraction of sp³-hybridized carbons (Fsp3) is 0.190. The SMILES string of the molecule is COc1ccc(C)cc1S(=O)(=O)Nc1ccc(N(C)Cc2ccccc2)cn1. The molecule has 2 aromatic carbocycles. The number of hydrogen-bond donors (Lipinski definition) is 1. The number of benzene rings is 2. The van der Waals surface area contributed by atoms with E-state index in [4.69, 9.17) is 4.74 Å². The van der Waals surface area contributed by atoms with Crippen LogP contribution in [0.15, 0.2) is 71.8 Å². The Bertz CT molecular complexity index is 1040. The Kier molecular flexibility index (Phi) is 5.84. The second-order valence-electron chi connectivity index (χ2n) is 6.50. The summed E-state index contributed by atoms with van der Waals surface area (Å²) in [5.74, 6) is 0.540. The van der Waals surface area contributed by atoms with Crippen molar-refractivity contribution in [3.8, 4) is 5.75 Å². The van der Waals surface area contributed by atoms with E-state index in [-0.39, 0.29) is 16.5 Å². The first-order chi connectivity index (χ1) is 13.4. The molecule has 0 saturated heterocycles. The second kappa shape index (κ2) is 8.31. The number of pyridine rings is 1. The number of nitrogens with zero attached hydrogens (tertiary/aromatic N) is 2. The van der Waals surface area contributed by atoms with Crippen LogP contribution < -0.4 is 14.4 Å². The molecule has 0 aliphatic rings. The van der Waals surface area contributed by atoms with Gasteiger partial charge < -0.3 is 9.64 Å². The fourth-order valence-electron chi connectivity index (χ4n) is 2.81. The molecule has 0 saturated carbocycles. The molecule has 28 heavy (non-hydrogen) atoms. The van der Waals surface area contributed by atoms with Gasteiger partial charge in [0.15, 0.2) is 0 Å². The van der Waals surface area contributed by atoms with Gasteiger partial charge in [-0.1, -0.05) is 36.4 Å². The van der Waals surface area contributed by atoms with E-state index in [1.807, 2.05) is 43.1 Å². The first kappa shape index (κ1) is 19.7. The average molecular weight is 398 g/mol. The van der Waals surface area contributed by atoms with Gasteiger partial charge in [0.05, 0.1) is 19.0 Å². The zero-order valence-electron chi connectivity index (χ0n) is 16.1. The third kappa shape index (κ3) is 4.61. The quantitative estimate of drug-likeness (QED) is 0.656. The van der Waals surface area contributed by atoms with Gasteiger partial charge in [0.25, 0.3) is 10.0 Å². The number of anilines is 2. The predicted octanol–water partition coefficient (Wildman–Crippen LogP) is 3.84. The Balaban J connectivity index is 1.76. The lowest BCUT2D eigenvalue weighted by Crippen LogP contribution is -2.18. The molecule has 146 valence electrons. The van der Waals surface area contributed by atoms with Crippen molar-refractivity contribution in [2.75, 3.05) is 23.8 Å². The zero-order chi connectivity index (χ0) is 20.1. The minimum Gasteiger partial charge on any atom is -0.495 e. The Morgan fingerprint density at radius 2 is 1.82 bits per heavy atom. The van der Waals surface area contributed by atoms with Gasteiger partial charge in [0.1, 0.15) is 16.5 Å². The van der Waals surface area contributed by atoms with Crippen LogP contribution in [-0.4, -0.2) is 27.6 Å². The van der Waals surface area contributed by atoms with Gasteiger partial charge in [0.2, 0.25) is 0 Å². The van der Waals surface area contributed by atoms with Gasteiger partial charge in [-0.3, -0.25) is 4.72 Å². The summed E-state index contributed by atoms with van der Waals surface area (Å²) in [5, 5.41) is 0. The van der Waals surface area contributed by atoms with Crippen molar-refractivity contribution < 1.29 is 13.2 Å². The number of aryl methyl sites for hydroxylation is 1. The molecule has 0 unspecified atom stereocenters. The predicted molar refractivity (Wildman–Crippen MR) is 111 cm³/mol. The molecule has 0 spiro atoms. The van der Waals surface area contributed by atoms with E-state index in [1.165, 1.54) is 12.7 Å². The number of sulfonamides is 1. The molecule has 0 atom stereocenters. The van der Waals surface area contributed by atoms with E-state index < -0.39 is 10.0 Å². The number of ether oxygens (including phenoxy) is 1. The summed E-state index contributed by atoms with van der Waals surface area (Å²) < 4.78 is 33.2. The highest BCUT2D eigenvalue weighted by Crippen LogP contribution is 2.26. The molecule has 0 amide bonds. The maximum absolute atomic E-state index is 12.8. The fourth-order valence-corrected chi connectivity index (χ4v) is 4.07. The molecule has 1 aromatic heterocycles. The van der Waals surface area contributed by atoms with Crippen molar-refractivity contribution in [1.29, 1.82) is 0 Å².